The van der Waals surface area contributed by atoms with Crippen LogP contribution in [0, 0.1) is 5.41 Å². The van der Waals surface area contributed by atoms with Crippen molar-refractivity contribution in [3.8, 4) is 0 Å². The molecular weight excluding hydrogens is 128 g/mol. The van der Waals surface area contributed by atoms with Crippen LogP contribution in [0.3, 0.4) is 0 Å². The smallest absolute Gasteiger partial charge is 0.224 e. The van der Waals surface area contributed by atoms with Gasteiger partial charge < -0.3 is 11.5 Å². The van der Waals surface area contributed by atoms with Gasteiger partial charge in [-0.25, -0.2) is 0 Å². The topological polar surface area (TPSA) is 69.1 Å². The van der Waals surface area contributed by atoms with Crippen molar-refractivity contribution in [2.24, 2.45) is 16.9 Å². The summed E-state index contributed by atoms with van der Waals surface area (Å²) in [6, 6.07) is -0.134. The second-order valence-electron chi connectivity index (χ2n) is 3.10. The standard InChI is InChI=1S/C7H16N2O/c1-4-5(8)7(2,3)6(9)10/h5H,4,8H2,1-3H3,(H2,9,10). The maximum absolute atomic E-state index is 10.8. The van der Waals surface area contributed by atoms with E-state index < -0.39 is 5.41 Å². The van der Waals surface area contributed by atoms with Gasteiger partial charge in [0.15, 0.2) is 0 Å². The summed E-state index contributed by atoms with van der Waals surface area (Å²) in [5.41, 5.74) is 10.2. The highest BCUT2D eigenvalue weighted by atomic mass is 16.1. The summed E-state index contributed by atoms with van der Waals surface area (Å²) in [6.45, 7) is 5.47. The highest BCUT2D eigenvalue weighted by molar-refractivity contribution is 5.80. The number of primary amides is 1. The van der Waals surface area contributed by atoms with E-state index in [1.165, 1.54) is 0 Å². The molecule has 60 valence electrons. The Morgan fingerprint density at radius 2 is 2.00 bits per heavy atom. The van der Waals surface area contributed by atoms with Gasteiger partial charge in [-0.2, -0.15) is 0 Å². The van der Waals surface area contributed by atoms with Crippen LogP contribution in [-0.4, -0.2) is 11.9 Å². The molecule has 0 aliphatic rings. The van der Waals surface area contributed by atoms with Crippen LogP contribution in [0.25, 0.3) is 0 Å². The van der Waals surface area contributed by atoms with Crippen LogP contribution < -0.4 is 11.5 Å². The van der Waals surface area contributed by atoms with Crippen LogP contribution in [0.4, 0.5) is 0 Å². The summed E-state index contributed by atoms with van der Waals surface area (Å²) in [6.07, 6.45) is 0.774. The monoisotopic (exact) mass is 144 g/mol. The van der Waals surface area contributed by atoms with E-state index in [4.69, 9.17) is 11.5 Å². The number of rotatable bonds is 3. The normalized spacial score (nSPS) is 14.8. The molecule has 0 bridgehead atoms. The Bertz CT molecular complexity index is 132. The molecule has 0 aromatic rings. The number of carbonyl (C=O) groups excluding carboxylic acids is 1. The summed E-state index contributed by atoms with van der Waals surface area (Å²) in [7, 11) is 0. The van der Waals surface area contributed by atoms with Gasteiger partial charge in [0.1, 0.15) is 0 Å². The lowest BCUT2D eigenvalue weighted by Crippen LogP contribution is -2.46. The van der Waals surface area contributed by atoms with E-state index in [0.29, 0.717) is 0 Å². The molecule has 10 heavy (non-hydrogen) atoms. The molecule has 1 unspecified atom stereocenters. The van der Waals surface area contributed by atoms with E-state index in [1.807, 2.05) is 6.92 Å². The van der Waals surface area contributed by atoms with E-state index in [0.717, 1.165) is 6.42 Å². The first-order chi connectivity index (χ1) is 4.42. The van der Waals surface area contributed by atoms with Crippen molar-refractivity contribution in [1.82, 2.24) is 0 Å². The molecule has 0 fully saturated rings. The van der Waals surface area contributed by atoms with E-state index in [2.05, 4.69) is 0 Å². The Balaban J connectivity index is 4.23. The first kappa shape index (κ1) is 9.43. The van der Waals surface area contributed by atoms with Crippen molar-refractivity contribution in [1.29, 1.82) is 0 Å². The number of nitrogens with two attached hydrogens (primary N) is 2. The van der Waals surface area contributed by atoms with Crippen LogP contribution in [0.1, 0.15) is 27.2 Å². The largest absolute Gasteiger partial charge is 0.369 e. The number of amides is 1. The molecule has 3 nitrogen and oxygen atoms in total. The third-order valence-electron chi connectivity index (χ3n) is 2.00. The average Bonchev–Trinajstić information content (AvgIpc) is 1.86. The molecule has 0 rings (SSSR count). The lowest BCUT2D eigenvalue weighted by molar-refractivity contribution is -0.127. The molecule has 0 saturated heterocycles. The first-order valence-electron chi connectivity index (χ1n) is 3.48. The average molecular weight is 144 g/mol. The molecule has 0 heterocycles. The zero-order valence-corrected chi connectivity index (χ0v) is 6.85. The second-order valence-corrected chi connectivity index (χ2v) is 3.10. The van der Waals surface area contributed by atoms with Crippen molar-refractivity contribution in [2.45, 2.75) is 33.2 Å². The summed E-state index contributed by atoms with van der Waals surface area (Å²) in [5.74, 6) is -0.332. The number of carbonyl (C=O) groups is 1. The zero-order valence-electron chi connectivity index (χ0n) is 6.85. The minimum atomic E-state index is -0.575. The number of hydrogen-bond acceptors (Lipinski definition) is 2. The van der Waals surface area contributed by atoms with Gasteiger partial charge in [-0.15, -0.1) is 0 Å². The van der Waals surface area contributed by atoms with E-state index in [-0.39, 0.29) is 11.9 Å². The first-order valence-corrected chi connectivity index (χ1v) is 3.48. The SMILES string of the molecule is CCC(N)C(C)(C)C(N)=O. The van der Waals surface area contributed by atoms with Crippen molar-refractivity contribution in [2.75, 3.05) is 0 Å². The van der Waals surface area contributed by atoms with Crippen molar-refractivity contribution in [3.63, 3.8) is 0 Å². The van der Waals surface area contributed by atoms with Gasteiger partial charge in [-0.05, 0) is 20.3 Å². The van der Waals surface area contributed by atoms with Crippen LogP contribution in [0.15, 0.2) is 0 Å². The maximum atomic E-state index is 10.8. The maximum Gasteiger partial charge on any atom is 0.224 e. The third-order valence-corrected chi connectivity index (χ3v) is 2.00. The van der Waals surface area contributed by atoms with Gasteiger partial charge in [0, 0.05) is 6.04 Å². The Morgan fingerprint density at radius 3 is 2.10 bits per heavy atom. The molecule has 0 radical (unpaired) electrons. The fraction of sp³-hybridized carbons (Fsp3) is 0.857. The van der Waals surface area contributed by atoms with Crippen molar-refractivity contribution in [3.05, 3.63) is 0 Å². The summed E-state index contributed by atoms with van der Waals surface area (Å²) in [5, 5.41) is 0. The molecular formula is C7H16N2O. The van der Waals surface area contributed by atoms with Gasteiger partial charge in [0.25, 0.3) is 0 Å². The van der Waals surface area contributed by atoms with Gasteiger partial charge in [-0.1, -0.05) is 6.92 Å². The highest BCUT2D eigenvalue weighted by Gasteiger charge is 2.30. The Labute approximate surface area is 61.8 Å². The van der Waals surface area contributed by atoms with Crippen LogP contribution in [-0.2, 0) is 4.79 Å². The molecule has 0 aliphatic heterocycles. The summed E-state index contributed by atoms with van der Waals surface area (Å²) >= 11 is 0. The molecule has 0 spiro atoms. The van der Waals surface area contributed by atoms with Gasteiger partial charge in [-0.3, -0.25) is 4.79 Å². The van der Waals surface area contributed by atoms with Gasteiger partial charge in [0.05, 0.1) is 5.41 Å². The van der Waals surface area contributed by atoms with Crippen LogP contribution >= 0.6 is 0 Å². The predicted octanol–water partition coefficient (Wildman–Crippen LogP) is 0.235. The van der Waals surface area contributed by atoms with Crippen molar-refractivity contribution < 1.29 is 4.79 Å². The second kappa shape index (κ2) is 3.01. The predicted molar refractivity (Wildman–Crippen MR) is 41.2 cm³/mol. The lowest BCUT2D eigenvalue weighted by Gasteiger charge is -2.26. The van der Waals surface area contributed by atoms with E-state index >= 15 is 0 Å². The molecule has 3 heteroatoms. The Kier molecular flexibility index (Phi) is 2.84. The minimum Gasteiger partial charge on any atom is -0.369 e. The molecule has 4 N–H and O–H groups in total. The van der Waals surface area contributed by atoms with E-state index in [1.54, 1.807) is 13.8 Å². The zero-order chi connectivity index (χ0) is 8.36. The Hall–Kier alpha value is -0.570. The van der Waals surface area contributed by atoms with Gasteiger partial charge >= 0.3 is 0 Å². The molecule has 0 saturated carbocycles. The fourth-order valence-corrected chi connectivity index (χ4v) is 0.693. The van der Waals surface area contributed by atoms with Gasteiger partial charge in [0.2, 0.25) is 5.91 Å². The molecule has 0 aromatic carbocycles. The molecule has 1 atom stereocenters. The summed E-state index contributed by atoms with van der Waals surface area (Å²) < 4.78 is 0. The Morgan fingerprint density at radius 1 is 1.60 bits per heavy atom. The molecule has 1 amide bonds. The van der Waals surface area contributed by atoms with Crippen LogP contribution in [0.2, 0.25) is 0 Å². The van der Waals surface area contributed by atoms with Crippen molar-refractivity contribution >= 4 is 5.91 Å². The van der Waals surface area contributed by atoms with Crippen LogP contribution in [0.5, 0.6) is 0 Å². The van der Waals surface area contributed by atoms with E-state index in [9.17, 15) is 4.79 Å². The summed E-state index contributed by atoms with van der Waals surface area (Å²) in [4.78, 5) is 10.8. The quantitative estimate of drug-likeness (QED) is 0.595. The fourth-order valence-electron chi connectivity index (χ4n) is 0.693. The third kappa shape index (κ3) is 1.70. The molecule has 0 aromatic heterocycles. The molecule has 0 aliphatic carbocycles. The minimum absolute atomic E-state index is 0.134. The number of hydrogen-bond donors (Lipinski definition) is 2. The highest BCUT2D eigenvalue weighted by Crippen LogP contribution is 2.19. The lowest BCUT2D eigenvalue weighted by atomic mass is 9.83.